The molecule has 4 heterocycles. The van der Waals surface area contributed by atoms with Crippen LogP contribution in [0.3, 0.4) is 0 Å². The van der Waals surface area contributed by atoms with Crippen molar-refractivity contribution in [1.82, 2.24) is 0 Å². The van der Waals surface area contributed by atoms with Crippen molar-refractivity contribution in [1.29, 1.82) is 0 Å². The van der Waals surface area contributed by atoms with E-state index < -0.39 is 6.71 Å². The minimum Gasteiger partial charge on any atom is -0.453 e. The van der Waals surface area contributed by atoms with Gasteiger partial charge in [0.2, 0.25) is 0 Å². The third-order valence-electron chi connectivity index (χ3n) is 27.6. The molecule has 4 aliphatic heterocycles. The van der Waals surface area contributed by atoms with E-state index in [1.807, 2.05) is 0 Å². The fourth-order valence-electron chi connectivity index (χ4n) is 21.3. The van der Waals surface area contributed by atoms with E-state index >= 15 is 0 Å². The van der Waals surface area contributed by atoms with Gasteiger partial charge in [-0.1, -0.05) is 382 Å². The summed E-state index contributed by atoms with van der Waals surface area (Å²) < 4.78 is 13.9. The number of fused-ring (bicyclic) bond motifs is 11. The van der Waals surface area contributed by atoms with Gasteiger partial charge in [-0.2, -0.15) is 0 Å². The van der Waals surface area contributed by atoms with Crippen molar-refractivity contribution in [2.24, 2.45) is 0 Å². The first-order chi connectivity index (χ1) is 66.9. The second kappa shape index (κ2) is 32.7. The smallest absolute Gasteiger partial charge is 0.252 e. The SMILES string of the molecule is c1ccc(-c2ccc(-c3cc(-c4ccccc4)cc(-c4ccc(-c5ccccc5)cc4)c3N3c4cc(N5c6ccccc6Oc6ccccc65)ccc4B4c5ccc(N6c7ccccc7Oc7ccccc76)cc5N(c5c(-c6ccc(-c7ccccc7)cc6)cccc5-c5cc6ccccc6c6ccccc56)c5cc(-c6cc(-c7ccccc7)cc(-c7ccccc7)c6)cc3c54)cc2)cc1. The summed E-state index contributed by atoms with van der Waals surface area (Å²) in [7, 11) is 0. The van der Waals surface area contributed by atoms with Gasteiger partial charge < -0.3 is 29.1 Å². The molecule has 0 saturated heterocycles. The third-order valence-corrected chi connectivity index (χ3v) is 27.6. The van der Waals surface area contributed by atoms with Crippen LogP contribution in [0, 0.1) is 0 Å². The summed E-state index contributed by atoms with van der Waals surface area (Å²) in [4.78, 5) is 10.3. The Balaban J connectivity index is 0.850. The third kappa shape index (κ3) is 13.6. The topological polar surface area (TPSA) is 31.4 Å². The number of hydrogen-bond acceptors (Lipinski definition) is 6. The molecule has 0 fully saturated rings. The van der Waals surface area contributed by atoms with E-state index in [1.54, 1.807) is 0 Å². The maximum Gasteiger partial charge on any atom is 0.252 e. The monoisotopic (exact) mass is 1720 g/mol. The van der Waals surface area contributed by atoms with E-state index in [-0.39, 0.29) is 0 Å². The van der Waals surface area contributed by atoms with Crippen LogP contribution in [-0.2, 0) is 0 Å². The molecule has 0 spiro atoms. The quantitative estimate of drug-likeness (QED) is 0.0751. The maximum atomic E-state index is 6.96. The summed E-state index contributed by atoms with van der Waals surface area (Å²) in [6.45, 7) is -0.443. The summed E-state index contributed by atoms with van der Waals surface area (Å²) in [5.41, 5.74) is 39.1. The van der Waals surface area contributed by atoms with Gasteiger partial charge in [-0.05, 0) is 259 Å². The van der Waals surface area contributed by atoms with Crippen molar-refractivity contribution in [3.63, 3.8) is 0 Å². The molecule has 0 bridgehead atoms. The Bertz CT molecular complexity index is 8150. The van der Waals surface area contributed by atoms with E-state index in [0.29, 0.717) is 0 Å². The van der Waals surface area contributed by atoms with Crippen LogP contribution >= 0.6 is 0 Å². The molecule has 0 saturated carbocycles. The molecule has 0 atom stereocenters. The number of para-hydroxylation sites is 9. The predicted molar refractivity (Wildman–Crippen MR) is 565 cm³/mol. The van der Waals surface area contributed by atoms with E-state index in [2.05, 4.69) is 523 Å². The minimum absolute atomic E-state index is 0.443. The van der Waals surface area contributed by atoms with Crippen LogP contribution in [0.2, 0.25) is 0 Å². The Kier molecular flexibility index (Phi) is 19.0. The molecule has 0 unspecified atom stereocenters. The van der Waals surface area contributed by atoms with Crippen molar-refractivity contribution in [2.75, 3.05) is 19.6 Å². The number of benzene rings is 22. The molecule has 7 heteroatoms. The largest absolute Gasteiger partial charge is 0.453 e. The summed E-state index contributed by atoms with van der Waals surface area (Å²) in [5.74, 6) is 3.07. The zero-order chi connectivity index (χ0) is 89.0. The highest BCUT2D eigenvalue weighted by Crippen LogP contribution is 2.60. The molecule has 0 aromatic heterocycles. The highest BCUT2D eigenvalue weighted by Gasteiger charge is 2.47. The van der Waals surface area contributed by atoms with E-state index in [9.17, 15) is 0 Å². The van der Waals surface area contributed by atoms with E-state index in [0.717, 1.165) is 241 Å². The van der Waals surface area contributed by atoms with Crippen molar-refractivity contribution in [3.05, 3.63) is 504 Å². The van der Waals surface area contributed by atoms with Gasteiger partial charge in [0.15, 0.2) is 23.0 Å². The molecule has 22 aromatic rings. The standard InChI is InChI=1S/C128H83BN4O2/c1-7-32-84(33-8-1)90-58-64-93(65-59-90)105-48-31-49-108(111-77-96-44-19-20-45-104(96)106-46-21-22-47-107(106)111)127(105)132-118-82-102(130-114-50-23-27-54-122(114)134-123-55-28-24-51-115(123)130)70-72-112(118)129-113-73-71-103(131-116-52-25-29-56-124(116)135-125-57-30-26-53-117(125)131)83-119(113)133(121-81-101(80-120(132)126(121)129)99-75-97(87-38-13-4-14-39-87)74-98(76-99)88-40-15-5-16-41-88)128-109(94-66-60-91(61-67-94)85-34-9-2-10-35-85)78-100(89-42-17-6-18-43-89)79-110(128)95-68-62-92(63-69-95)86-36-11-3-12-37-86/h1-83H. The lowest BCUT2D eigenvalue weighted by molar-refractivity contribution is 0.477. The van der Waals surface area contributed by atoms with Crippen LogP contribution in [0.25, 0.3) is 144 Å². The second-order valence-electron chi connectivity index (χ2n) is 35.3. The van der Waals surface area contributed by atoms with Crippen molar-refractivity contribution >= 4 is 113 Å². The first-order valence-electron chi connectivity index (χ1n) is 46.3. The zero-order valence-corrected chi connectivity index (χ0v) is 73.6. The van der Waals surface area contributed by atoms with E-state index in [4.69, 9.17) is 9.47 Å². The van der Waals surface area contributed by atoms with Gasteiger partial charge in [0.1, 0.15) is 0 Å². The van der Waals surface area contributed by atoms with Gasteiger partial charge >= 0.3 is 0 Å². The Morgan fingerprint density at radius 3 is 0.859 bits per heavy atom. The van der Waals surface area contributed by atoms with Crippen molar-refractivity contribution in [2.45, 2.75) is 0 Å². The first kappa shape index (κ1) is 78.3. The number of hydrogen-bond donors (Lipinski definition) is 0. The van der Waals surface area contributed by atoms with Crippen LogP contribution in [0.4, 0.5) is 68.2 Å². The number of ether oxygens (including phenoxy) is 2. The molecule has 135 heavy (non-hydrogen) atoms. The predicted octanol–water partition coefficient (Wildman–Crippen LogP) is 33.6. The lowest BCUT2D eigenvalue weighted by Crippen LogP contribution is -2.61. The number of anilines is 12. The molecule has 0 N–H and O–H groups in total. The molecule has 630 valence electrons. The zero-order valence-electron chi connectivity index (χ0n) is 73.6. The molecule has 4 aliphatic rings. The molecule has 26 rings (SSSR count). The van der Waals surface area contributed by atoms with Gasteiger partial charge in [0.25, 0.3) is 6.71 Å². The molecular formula is C128H83BN4O2. The summed E-state index contributed by atoms with van der Waals surface area (Å²) in [5, 5.41) is 4.67. The van der Waals surface area contributed by atoms with Gasteiger partial charge in [-0.15, -0.1) is 0 Å². The molecule has 6 nitrogen and oxygen atoms in total. The minimum atomic E-state index is -0.443. The lowest BCUT2D eigenvalue weighted by atomic mass is 9.33. The fraction of sp³-hybridized carbons (Fsp3) is 0. The molecule has 22 aromatic carbocycles. The highest BCUT2D eigenvalue weighted by molar-refractivity contribution is 7.00. The van der Waals surface area contributed by atoms with Crippen LogP contribution < -0.4 is 45.5 Å². The Morgan fingerprint density at radius 1 is 0.156 bits per heavy atom. The summed E-state index contributed by atoms with van der Waals surface area (Å²) >= 11 is 0. The van der Waals surface area contributed by atoms with Crippen LogP contribution in [0.1, 0.15) is 0 Å². The second-order valence-corrected chi connectivity index (χ2v) is 35.3. The fourth-order valence-corrected chi connectivity index (χ4v) is 21.3. The van der Waals surface area contributed by atoms with Crippen LogP contribution in [0.15, 0.2) is 504 Å². The Labute approximate surface area is 785 Å². The lowest BCUT2D eigenvalue weighted by Gasteiger charge is -2.46. The van der Waals surface area contributed by atoms with E-state index in [1.165, 1.54) is 10.8 Å². The van der Waals surface area contributed by atoms with Crippen molar-refractivity contribution < 1.29 is 9.47 Å². The molecule has 0 radical (unpaired) electrons. The van der Waals surface area contributed by atoms with Crippen LogP contribution in [-0.4, -0.2) is 6.71 Å². The van der Waals surface area contributed by atoms with Gasteiger partial charge in [-0.3, -0.25) is 0 Å². The van der Waals surface area contributed by atoms with Crippen molar-refractivity contribution in [3.8, 4) is 145 Å². The maximum absolute atomic E-state index is 6.96. The highest BCUT2D eigenvalue weighted by atomic mass is 16.5. The normalized spacial score (nSPS) is 12.5. The Hall–Kier alpha value is -17.8. The van der Waals surface area contributed by atoms with Gasteiger partial charge in [-0.25, -0.2) is 0 Å². The summed E-state index contributed by atoms with van der Waals surface area (Å²) in [6.07, 6.45) is 0. The summed E-state index contributed by atoms with van der Waals surface area (Å²) in [6, 6.07) is 187. The average molecular weight is 1720 g/mol. The number of nitrogens with zero attached hydrogens (tertiary/aromatic N) is 4. The van der Waals surface area contributed by atoms with Crippen LogP contribution in [0.5, 0.6) is 23.0 Å². The van der Waals surface area contributed by atoms with Gasteiger partial charge in [0, 0.05) is 56.4 Å². The van der Waals surface area contributed by atoms with Gasteiger partial charge in [0.05, 0.1) is 34.1 Å². The molecular weight excluding hydrogens is 1640 g/mol. The average Bonchev–Trinajstić information content (AvgIpc) is 0.682. The number of rotatable bonds is 15. The Morgan fingerprint density at radius 2 is 0.452 bits per heavy atom. The molecule has 0 aliphatic carbocycles. The first-order valence-corrected chi connectivity index (χ1v) is 46.3. The molecule has 0 amide bonds.